The van der Waals surface area contributed by atoms with Crippen LogP contribution >= 0.6 is 0 Å². The van der Waals surface area contributed by atoms with Gasteiger partial charge in [0, 0.05) is 5.69 Å². The maximum Gasteiger partial charge on any atom is 0.262 e. The van der Waals surface area contributed by atoms with E-state index in [0.717, 1.165) is 22.2 Å². The molecule has 3 aromatic rings. The van der Waals surface area contributed by atoms with Gasteiger partial charge in [-0.2, -0.15) is 5.10 Å². The zero-order valence-corrected chi connectivity index (χ0v) is 14.4. The maximum absolute atomic E-state index is 12.2. The third-order valence-electron chi connectivity index (χ3n) is 4.07. The first-order valence-electron chi connectivity index (χ1n) is 8.27. The number of carbonyl (C=O) groups is 1. The van der Waals surface area contributed by atoms with Crippen molar-refractivity contribution < 1.29 is 4.79 Å². The first kappa shape index (κ1) is 16.7. The van der Waals surface area contributed by atoms with Gasteiger partial charge in [0.05, 0.1) is 6.21 Å². The second-order valence-electron chi connectivity index (χ2n) is 6.02. The van der Waals surface area contributed by atoms with Crippen molar-refractivity contribution in [3.8, 4) is 0 Å². The van der Waals surface area contributed by atoms with Gasteiger partial charge in [-0.1, -0.05) is 54.6 Å². The number of hydrogen-bond donors (Lipinski definition) is 2. The number of amides is 1. The van der Waals surface area contributed by atoms with Gasteiger partial charge in [-0.05, 0) is 47.9 Å². The Balaban J connectivity index is 1.60. The molecular weight excluding hydrogens is 310 g/mol. The number of benzene rings is 3. The lowest BCUT2D eigenvalue weighted by atomic mass is 10.1. The first-order chi connectivity index (χ1) is 12.1. The van der Waals surface area contributed by atoms with Crippen LogP contribution in [-0.4, -0.2) is 18.2 Å². The van der Waals surface area contributed by atoms with Crippen molar-refractivity contribution in [3.05, 3.63) is 77.9 Å². The van der Waals surface area contributed by atoms with E-state index in [9.17, 15) is 4.79 Å². The third kappa shape index (κ3) is 4.23. The standard InChI is InChI=1S/C21H21N3O/c1-15-7-3-6-10-20(15)23-16(2)21(25)24-22-14-17-11-12-18-8-4-5-9-19(18)13-17/h3-14,16,23H,1-2H3,(H,24,25)/b22-14+. The molecule has 0 aliphatic carbocycles. The van der Waals surface area contributed by atoms with Gasteiger partial charge in [0.1, 0.15) is 6.04 Å². The van der Waals surface area contributed by atoms with E-state index in [0.29, 0.717) is 0 Å². The normalized spacial score (nSPS) is 12.2. The van der Waals surface area contributed by atoms with Crippen molar-refractivity contribution >= 4 is 28.6 Å². The molecule has 3 aromatic carbocycles. The van der Waals surface area contributed by atoms with E-state index in [1.54, 1.807) is 6.21 Å². The second kappa shape index (κ2) is 7.62. The molecule has 0 aliphatic heterocycles. The summed E-state index contributed by atoms with van der Waals surface area (Å²) in [5.41, 5.74) is 5.58. The van der Waals surface area contributed by atoms with Crippen LogP contribution in [0.1, 0.15) is 18.1 Å². The number of carbonyl (C=O) groups excluding carboxylic acids is 1. The molecule has 0 fully saturated rings. The average Bonchev–Trinajstić information content (AvgIpc) is 2.63. The number of hydrogen-bond acceptors (Lipinski definition) is 3. The summed E-state index contributed by atoms with van der Waals surface area (Å²) < 4.78 is 0. The van der Waals surface area contributed by atoms with Crippen LogP contribution in [0.25, 0.3) is 10.8 Å². The summed E-state index contributed by atoms with van der Waals surface area (Å²) in [4.78, 5) is 12.2. The Labute approximate surface area is 147 Å². The highest BCUT2D eigenvalue weighted by atomic mass is 16.2. The molecule has 3 rings (SSSR count). The van der Waals surface area contributed by atoms with E-state index >= 15 is 0 Å². The number of anilines is 1. The zero-order chi connectivity index (χ0) is 17.6. The molecule has 1 amide bonds. The van der Waals surface area contributed by atoms with E-state index in [1.807, 2.05) is 68.4 Å². The molecule has 0 heterocycles. The number of nitrogens with one attached hydrogen (secondary N) is 2. The third-order valence-corrected chi connectivity index (χ3v) is 4.07. The van der Waals surface area contributed by atoms with Crippen molar-refractivity contribution in [3.63, 3.8) is 0 Å². The smallest absolute Gasteiger partial charge is 0.262 e. The molecule has 0 saturated carbocycles. The average molecular weight is 331 g/mol. The van der Waals surface area contributed by atoms with Crippen LogP contribution in [0.15, 0.2) is 71.8 Å². The summed E-state index contributed by atoms with van der Waals surface area (Å²) in [5, 5.41) is 9.59. The van der Waals surface area contributed by atoms with Gasteiger partial charge in [-0.15, -0.1) is 0 Å². The Morgan fingerprint density at radius 3 is 2.52 bits per heavy atom. The maximum atomic E-state index is 12.2. The SMILES string of the molecule is Cc1ccccc1NC(C)C(=O)N/N=C/c1ccc2ccccc2c1. The van der Waals surface area contributed by atoms with E-state index < -0.39 is 0 Å². The molecule has 4 heteroatoms. The van der Waals surface area contributed by atoms with Gasteiger partial charge in [0.25, 0.3) is 5.91 Å². The number of rotatable bonds is 5. The minimum atomic E-state index is -0.380. The predicted molar refractivity (Wildman–Crippen MR) is 104 cm³/mol. The van der Waals surface area contributed by atoms with Crippen LogP contribution in [0.4, 0.5) is 5.69 Å². The fourth-order valence-electron chi connectivity index (χ4n) is 2.59. The molecule has 0 spiro atoms. The summed E-state index contributed by atoms with van der Waals surface area (Å²) in [6, 6.07) is 21.7. The minimum absolute atomic E-state index is 0.180. The largest absolute Gasteiger partial charge is 0.374 e. The van der Waals surface area contributed by atoms with Crippen molar-refractivity contribution in [1.29, 1.82) is 0 Å². The van der Waals surface area contributed by atoms with Crippen LogP contribution in [0.5, 0.6) is 0 Å². The van der Waals surface area contributed by atoms with Crippen molar-refractivity contribution in [1.82, 2.24) is 5.43 Å². The molecule has 25 heavy (non-hydrogen) atoms. The Hall–Kier alpha value is -3.14. The summed E-state index contributed by atoms with van der Waals surface area (Å²) in [7, 11) is 0. The van der Waals surface area contributed by atoms with Crippen LogP contribution in [-0.2, 0) is 4.79 Å². The highest BCUT2D eigenvalue weighted by Gasteiger charge is 2.12. The Kier molecular flexibility index (Phi) is 5.09. The van der Waals surface area contributed by atoms with E-state index in [1.165, 1.54) is 5.39 Å². The number of fused-ring (bicyclic) bond motifs is 1. The minimum Gasteiger partial charge on any atom is -0.374 e. The van der Waals surface area contributed by atoms with Gasteiger partial charge in [-0.25, -0.2) is 5.43 Å². The zero-order valence-electron chi connectivity index (χ0n) is 14.4. The molecular formula is C21H21N3O. The van der Waals surface area contributed by atoms with Crippen LogP contribution in [0, 0.1) is 6.92 Å². The Bertz CT molecular complexity index is 918. The molecule has 0 radical (unpaired) electrons. The van der Waals surface area contributed by atoms with Crippen LogP contribution < -0.4 is 10.7 Å². The molecule has 2 N–H and O–H groups in total. The molecule has 0 bridgehead atoms. The van der Waals surface area contributed by atoms with Gasteiger partial charge >= 0.3 is 0 Å². The van der Waals surface area contributed by atoms with Crippen LogP contribution in [0.2, 0.25) is 0 Å². The first-order valence-corrected chi connectivity index (χ1v) is 8.27. The summed E-state index contributed by atoms with van der Waals surface area (Å²) in [6.07, 6.45) is 1.66. The Morgan fingerprint density at radius 1 is 1.00 bits per heavy atom. The molecule has 0 aromatic heterocycles. The highest BCUT2D eigenvalue weighted by Crippen LogP contribution is 2.15. The second-order valence-corrected chi connectivity index (χ2v) is 6.02. The molecule has 0 aliphatic rings. The lowest BCUT2D eigenvalue weighted by Gasteiger charge is -2.15. The van der Waals surface area contributed by atoms with E-state index in [2.05, 4.69) is 28.0 Å². The van der Waals surface area contributed by atoms with Gasteiger partial charge < -0.3 is 5.32 Å². The van der Waals surface area contributed by atoms with Gasteiger partial charge in [-0.3, -0.25) is 4.79 Å². The number of hydrazone groups is 1. The highest BCUT2D eigenvalue weighted by molar-refractivity contribution is 5.91. The molecule has 1 unspecified atom stereocenters. The van der Waals surface area contributed by atoms with E-state index in [-0.39, 0.29) is 11.9 Å². The number of nitrogens with zero attached hydrogens (tertiary/aromatic N) is 1. The molecule has 1 atom stereocenters. The molecule has 0 saturated heterocycles. The topological polar surface area (TPSA) is 53.5 Å². The van der Waals surface area contributed by atoms with Crippen molar-refractivity contribution in [2.45, 2.75) is 19.9 Å². The summed E-state index contributed by atoms with van der Waals surface area (Å²) in [5.74, 6) is -0.180. The van der Waals surface area contributed by atoms with Crippen LogP contribution in [0.3, 0.4) is 0 Å². The van der Waals surface area contributed by atoms with Crippen molar-refractivity contribution in [2.24, 2.45) is 5.10 Å². The quantitative estimate of drug-likeness (QED) is 0.546. The predicted octanol–water partition coefficient (Wildman–Crippen LogP) is 4.10. The monoisotopic (exact) mass is 331 g/mol. The summed E-state index contributed by atoms with van der Waals surface area (Å²) >= 11 is 0. The molecule has 126 valence electrons. The lowest BCUT2D eigenvalue weighted by Crippen LogP contribution is -2.35. The fourth-order valence-corrected chi connectivity index (χ4v) is 2.59. The lowest BCUT2D eigenvalue weighted by molar-refractivity contribution is -0.121. The Morgan fingerprint density at radius 2 is 1.72 bits per heavy atom. The molecule has 4 nitrogen and oxygen atoms in total. The van der Waals surface area contributed by atoms with Gasteiger partial charge in [0.15, 0.2) is 0 Å². The summed E-state index contributed by atoms with van der Waals surface area (Å²) in [6.45, 7) is 3.82. The van der Waals surface area contributed by atoms with E-state index in [4.69, 9.17) is 0 Å². The number of para-hydroxylation sites is 1. The number of aryl methyl sites for hydroxylation is 1. The fraction of sp³-hybridized carbons (Fsp3) is 0.143. The van der Waals surface area contributed by atoms with Gasteiger partial charge in [0.2, 0.25) is 0 Å². The van der Waals surface area contributed by atoms with Crippen molar-refractivity contribution in [2.75, 3.05) is 5.32 Å².